The first kappa shape index (κ1) is 21.6. The van der Waals surface area contributed by atoms with Gasteiger partial charge < -0.3 is 10.6 Å². The minimum atomic E-state index is 0.0130. The molecule has 2 aromatic heterocycles. The molecule has 0 aliphatic heterocycles. The molecule has 0 fully saturated rings. The first-order valence-corrected chi connectivity index (χ1v) is 11.8. The van der Waals surface area contributed by atoms with Gasteiger partial charge in [-0.15, -0.1) is 0 Å². The number of nitrogens with zero attached hydrogens (tertiary/aromatic N) is 4. The number of aryl methyl sites for hydroxylation is 2. The number of hydrogen-bond acceptors (Lipinski definition) is 4. The van der Waals surface area contributed by atoms with Crippen LogP contribution in [0.2, 0.25) is 0 Å². The molecule has 8 heteroatoms. The van der Waals surface area contributed by atoms with Gasteiger partial charge in [0.15, 0.2) is 0 Å². The lowest BCUT2D eigenvalue weighted by atomic mass is 9.92. The number of aromatic nitrogens is 4. The minimum Gasteiger partial charge on any atom is -0.349 e. The fraction of sp³-hybridized carbons (Fsp3) is 0.652. The molecule has 2 atom stereocenters. The van der Waals surface area contributed by atoms with E-state index in [0.717, 1.165) is 62.7 Å². The lowest BCUT2D eigenvalue weighted by Crippen LogP contribution is -2.32. The molecular weight excluding hydrogens is 392 g/mol. The molecular formula is C23H34N6O2. The molecule has 2 heterocycles. The van der Waals surface area contributed by atoms with Gasteiger partial charge in [-0.3, -0.25) is 19.0 Å². The van der Waals surface area contributed by atoms with E-state index in [-0.39, 0.29) is 23.9 Å². The second-order valence-electron chi connectivity index (χ2n) is 8.60. The quantitative estimate of drug-likeness (QED) is 0.679. The summed E-state index contributed by atoms with van der Waals surface area (Å²) in [4.78, 5) is 25.0. The van der Waals surface area contributed by atoms with E-state index in [1.165, 1.54) is 11.4 Å². The van der Waals surface area contributed by atoms with E-state index in [1.807, 2.05) is 21.8 Å². The molecule has 0 bridgehead atoms. The Morgan fingerprint density at radius 1 is 0.871 bits per heavy atom. The predicted molar refractivity (Wildman–Crippen MR) is 117 cm³/mol. The van der Waals surface area contributed by atoms with Gasteiger partial charge in [0.2, 0.25) is 11.8 Å². The van der Waals surface area contributed by atoms with Crippen LogP contribution < -0.4 is 10.6 Å². The first-order valence-electron chi connectivity index (χ1n) is 11.8. The highest BCUT2D eigenvalue weighted by Gasteiger charge is 2.26. The number of fused-ring (bicyclic) bond motifs is 2. The first-order chi connectivity index (χ1) is 15.1. The van der Waals surface area contributed by atoms with Crippen LogP contribution in [-0.2, 0) is 35.5 Å². The van der Waals surface area contributed by atoms with Gasteiger partial charge in [-0.1, -0.05) is 0 Å². The molecule has 0 aromatic carbocycles. The van der Waals surface area contributed by atoms with Crippen molar-refractivity contribution in [1.82, 2.24) is 30.2 Å². The zero-order chi connectivity index (χ0) is 21.8. The molecule has 2 N–H and O–H groups in total. The molecule has 2 aliphatic carbocycles. The Balaban J connectivity index is 1.23. The van der Waals surface area contributed by atoms with Crippen LogP contribution >= 0.6 is 0 Å². The zero-order valence-electron chi connectivity index (χ0n) is 18.7. The average Bonchev–Trinajstić information content (AvgIpc) is 3.38. The van der Waals surface area contributed by atoms with Crippen molar-refractivity contribution < 1.29 is 9.59 Å². The molecule has 0 spiro atoms. The Labute approximate surface area is 183 Å². The third-order valence-electron chi connectivity index (χ3n) is 6.60. The molecule has 0 saturated carbocycles. The number of amides is 2. The van der Waals surface area contributed by atoms with E-state index in [4.69, 9.17) is 0 Å². The number of hydrogen-bond donors (Lipinski definition) is 2. The van der Waals surface area contributed by atoms with Gasteiger partial charge in [-0.2, -0.15) is 10.2 Å². The smallest absolute Gasteiger partial charge is 0.220 e. The Morgan fingerprint density at radius 2 is 1.32 bits per heavy atom. The standard InChI is InChI=1S/C23H34N6O2/c1-3-28-20-10-5-8-18(16(20)14-24-28)26-22(30)12-7-13-23(31)27-19-9-6-11-21-17(19)15-25-29(21)4-2/h14-15,18-19H,3-13H2,1-2H3,(H,26,30)(H,27,31). The lowest BCUT2D eigenvalue weighted by Gasteiger charge is -2.24. The topological polar surface area (TPSA) is 93.8 Å². The van der Waals surface area contributed by atoms with Gasteiger partial charge in [0.05, 0.1) is 24.5 Å². The van der Waals surface area contributed by atoms with Crippen molar-refractivity contribution in [3.8, 4) is 0 Å². The van der Waals surface area contributed by atoms with E-state index < -0.39 is 0 Å². The van der Waals surface area contributed by atoms with E-state index in [0.29, 0.717) is 19.3 Å². The minimum absolute atomic E-state index is 0.0130. The van der Waals surface area contributed by atoms with Crippen LogP contribution in [0.5, 0.6) is 0 Å². The second-order valence-corrected chi connectivity index (χ2v) is 8.60. The maximum Gasteiger partial charge on any atom is 0.220 e. The fourth-order valence-corrected chi connectivity index (χ4v) is 5.02. The number of carbonyl (C=O) groups excluding carboxylic acids is 2. The van der Waals surface area contributed by atoms with Crippen LogP contribution in [0.15, 0.2) is 12.4 Å². The molecule has 0 radical (unpaired) electrons. The summed E-state index contributed by atoms with van der Waals surface area (Å²) >= 11 is 0. The Morgan fingerprint density at radius 3 is 1.74 bits per heavy atom. The van der Waals surface area contributed by atoms with Crippen LogP contribution in [-0.4, -0.2) is 31.4 Å². The lowest BCUT2D eigenvalue weighted by molar-refractivity contribution is -0.123. The van der Waals surface area contributed by atoms with Crippen LogP contribution in [0, 0.1) is 0 Å². The highest BCUT2D eigenvalue weighted by Crippen LogP contribution is 2.30. The molecule has 0 saturated heterocycles. The molecule has 31 heavy (non-hydrogen) atoms. The summed E-state index contributed by atoms with van der Waals surface area (Å²) in [7, 11) is 0. The monoisotopic (exact) mass is 426 g/mol. The highest BCUT2D eigenvalue weighted by atomic mass is 16.2. The number of carbonyl (C=O) groups is 2. The van der Waals surface area contributed by atoms with Crippen molar-refractivity contribution in [1.29, 1.82) is 0 Å². The van der Waals surface area contributed by atoms with Crippen molar-refractivity contribution >= 4 is 11.8 Å². The normalized spacial score (nSPS) is 20.1. The summed E-state index contributed by atoms with van der Waals surface area (Å²) in [6.45, 7) is 5.88. The molecule has 2 aliphatic rings. The van der Waals surface area contributed by atoms with Gasteiger partial charge >= 0.3 is 0 Å². The summed E-state index contributed by atoms with van der Waals surface area (Å²) in [5, 5.41) is 15.2. The van der Waals surface area contributed by atoms with E-state index in [9.17, 15) is 9.59 Å². The van der Waals surface area contributed by atoms with Gasteiger partial charge in [-0.05, 0) is 58.8 Å². The number of nitrogens with one attached hydrogen (secondary N) is 2. The van der Waals surface area contributed by atoms with E-state index in [1.54, 1.807) is 0 Å². The molecule has 2 aromatic rings. The zero-order valence-corrected chi connectivity index (χ0v) is 18.7. The third-order valence-corrected chi connectivity index (χ3v) is 6.60. The molecule has 2 unspecified atom stereocenters. The average molecular weight is 427 g/mol. The van der Waals surface area contributed by atoms with Crippen LogP contribution in [0.3, 0.4) is 0 Å². The number of rotatable bonds is 8. The van der Waals surface area contributed by atoms with E-state index >= 15 is 0 Å². The summed E-state index contributed by atoms with van der Waals surface area (Å²) in [6, 6.07) is 0.0854. The van der Waals surface area contributed by atoms with Gasteiger partial charge in [0.1, 0.15) is 0 Å². The third kappa shape index (κ3) is 4.67. The summed E-state index contributed by atoms with van der Waals surface area (Å²) < 4.78 is 4.05. The van der Waals surface area contributed by atoms with Crippen LogP contribution in [0.1, 0.15) is 93.4 Å². The van der Waals surface area contributed by atoms with Crippen molar-refractivity contribution in [3.05, 3.63) is 34.9 Å². The van der Waals surface area contributed by atoms with Crippen molar-refractivity contribution in [2.45, 2.75) is 96.8 Å². The van der Waals surface area contributed by atoms with E-state index in [2.05, 4.69) is 34.7 Å². The SMILES string of the molecule is CCn1ncc2c1CCCC2NC(=O)CCCC(=O)NC1CCCc2c1cnn2CC. The summed E-state index contributed by atoms with van der Waals surface area (Å²) in [5.74, 6) is 0.0261. The molecule has 168 valence electrons. The fourth-order valence-electron chi connectivity index (χ4n) is 5.02. The Bertz CT molecular complexity index is 856. The largest absolute Gasteiger partial charge is 0.349 e. The summed E-state index contributed by atoms with van der Waals surface area (Å²) in [5.41, 5.74) is 4.80. The van der Waals surface area contributed by atoms with Gasteiger partial charge in [0.25, 0.3) is 0 Å². The van der Waals surface area contributed by atoms with Crippen molar-refractivity contribution in [2.24, 2.45) is 0 Å². The van der Waals surface area contributed by atoms with Crippen LogP contribution in [0.25, 0.3) is 0 Å². The maximum atomic E-state index is 12.5. The Hall–Kier alpha value is -2.64. The Kier molecular flexibility index (Phi) is 6.73. The van der Waals surface area contributed by atoms with Gasteiger partial charge in [0, 0.05) is 48.4 Å². The van der Waals surface area contributed by atoms with Crippen molar-refractivity contribution in [3.63, 3.8) is 0 Å². The molecule has 4 rings (SSSR count). The van der Waals surface area contributed by atoms with Crippen LogP contribution in [0.4, 0.5) is 0 Å². The maximum absolute atomic E-state index is 12.5. The highest BCUT2D eigenvalue weighted by molar-refractivity contribution is 5.79. The molecule has 2 amide bonds. The molecule has 8 nitrogen and oxygen atoms in total. The second kappa shape index (κ2) is 9.66. The predicted octanol–water partition coefficient (Wildman–Crippen LogP) is 2.98. The van der Waals surface area contributed by atoms with Crippen molar-refractivity contribution in [2.75, 3.05) is 0 Å². The summed E-state index contributed by atoms with van der Waals surface area (Å²) in [6.07, 6.45) is 11.1. The van der Waals surface area contributed by atoms with Gasteiger partial charge in [-0.25, -0.2) is 0 Å².